The summed E-state index contributed by atoms with van der Waals surface area (Å²) >= 11 is 1.96. The van der Waals surface area contributed by atoms with E-state index < -0.39 is 11.7 Å². The Morgan fingerprint density at radius 3 is 2.16 bits per heavy atom. The molecule has 1 rings (SSSR count). The molecule has 1 aliphatic rings. The van der Waals surface area contributed by atoms with Gasteiger partial charge in [0.15, 0.2) is 0 Å². The third-order valence-electron chi connectivity index (χ3n) is 3.68. The molecule has 1 unspecified atom stereocenters. The van der Waals surface area contributed by atoms with E-state index in [4.69, 9.17) is 14.2 Å². The van der Waals surface area contributed by atoms with Gasteiger partial charge >= 0.3 is 18.0 Å². The molecule has 0 heterocycles. The largest absolute Gasteiger partial charge is 0.462 e. The first-order valence-corrected chi connectivity index (χ1v) is 9.80. The van der Waals surface area contributed by atoms with Gasteiger partial charge < -0.3 is 19.5 Å². The van der Waals surface area contributed by atoms with Crippen LogP contribution in [0.2, 0.25) is 0 Å². The predicted octanol–water partition coefficient (Wildman–Crippen LogP) is 2.98. The van der Waals surface area contributed by atoms with Crippen molar-refractivity contribution in [2.75, 3.05) is 13.2 Å². The first kappa shape index (κ1) is 22.0. The molecule has 144 valence electrons. The summed E-state index contributed by atoms with van der Waals surface area (Å²) in [5, 5.41) is 2.84. The number of hydrogen-bond donors (Lipinski definition) is 1. The molecule has 7 nitrogen and oxygen atoms in total. The Morgan fingerprint density at radius 2 is 1.64 bits per heavy atom. The molecule has 0 aromatic carbocycles. The molecule has 8 heteroatoms. The zero-order valence-electron chi connectivity index (χ0n) is 15.3. The molecule has 0 radical (unpaired) electrons. The number of ether oxygens (including phenoxy) is 3. The van der Waals surface area contributed by atoms with Gasteiger partial charge in [0.2, 0.25) is 0 Å². The fourth-order valence-corrected chi connectivity index (χ4v) is 2.64. The van der Waals surface area contributed by atoms with Crippen LogP contribution < -0.4 is 5.32 Å². The summed E-state index contributed by atoms with van der Waals surface area (Å²) in [7, 11) is 0. The van der Waals surface area contributed by atoms with E-state index in [-0.39, 0.29) is 41.0 Å². The van der Waals surface area contributed by atoms with Crippen molar-refractivity contribution in [1.29, 1.82) is 0 Å². The smallest absolute Gasteiger partial charge is 0.407 e. The van der Waals surface area contributed by atoms with Gasteiger partial charge in [-0.1, -0.05) is 22.6 Å². The molecule has 0 aromatic rings. The summed E-state index contributed by atoms with van der Waals surface area (Å²) in [5.41, 5.74) is -0.524. The molecule has 0 saturated heterocycles. The quantitative estimate of drug-likeness (QED) is 0.212. The molecule has 1 fully saturated rings. The first-order chi connectivity index (χ1) is 11.6. The SMILES string of the molecule is CC(I)C(=O)OCCOC(=O)C1CCC(NC(=O)OC(C)(C)C)CC1. The average Bonchev–Trinajstić information content (AvgIpc) is 2.49. The second kappa shape index (κ2) is 10.2. The minimum absolute atomic E-state index is 0.0185. The van der Waals surface area contributed by atoms with Gasteiger partial charge in [-0.05, 0) is 53.4 Å². The Labute approximate surface area is 162 Å². The fraction of sp³-hybridized carbons (Fsp3) is 0.824. The number of amides is 1. The summed E-state index contributed by atoms with van der Waals surface area (Å²) in [4.78, 5) is 35.1. The Balaban J connectivity index is 2.21. The normalized spacial score (nSPS) is 21.8. The van der Waals surface area contributed by atoms with Gasteiger partial charge in [0.05, 0.1) is 5.92 Å². The van der Waals surface area contributed by atoms with Crippen molar-refractivity contribution in [2.45, 2.75) is 68.9 Å². The lowest BCUT2D eigenvalue weighted by atomic mass is 9.86. The second-order valence-corrected chi connectivity index (χ2v) is 9.01. The third kappa shape index (κ3) is 9.27. The maximum absolute atomic E-state index is 12.0. The van der Waals surface area contributed by atoms with E-state index in [2.05, 4.69) is 5.32 Å². The van der Waals surface area contributed by atoms with Crippen molar-refractivity contribution in [3.05, 3.63) is 0 Å². The van der Waals surface area contributed by atoms with Crippen molar-refractivity contribution in [2.24, 2.45) is 5.92 Å². The number of hydrogen-bond acceptors (Lipinski definition) is 6. The molecule has 0 aromatic heterocycles. The van der Waals surface area contributed by atoms with E-state index in [0.717, 1.165) is 0 Å². The maximum Gasteiger partial charge on any atom is 0.407 e. The Kier molecular flexibility index (Phi) is 8.95. The molecule has 25 heavy (non-hydrogen) atoms. The van der Waals surface area contributed by atoms with Gasteiger partial charge in [-0.15, -0.1) is 0 Å². The Morgan fingerprint density at radius 1 is 1.08 bits per heavy atom. The van der Waals surface area contributed by atoms with Crippen molar-refractivity contribution in [1.82, 2.24) is 5.32 Å². The van der Waals surface area contributed by atoms with E-state index in [1.807, 2.05) is 43.4 Å². The molecule has 0 spiro atoms. The highest BCUT2D eigenvalue weighted by molar-refractivity contribution is 14.1. The van der Waals surface area contributed by atoms with Crippen LogP contribution in [0.1, 0.15) is 53.4 Å². The van der Waals surface area contributed by atoms with Crippen molar-refractivity contribution in [3.8, 4) is 0 Å². The minimum atomic E-state index is -0.524. The summed E-state index contributed by atoms with van der Waals surface area (Å²) in [6.45, 7) is 7.34. The lowest BCUT2D eigenvalue weighted by Crippen LogP contribution is -2.41. The van der Waals surface area contributed by atoms with Crippen LogP contribution in [0.5, 0.6) is 0 Å². The molecular weight excluding hydrogens is 441 g/mol. The standard InChI is InChI=1S/C17H28INO6/c1-11(18)14(20)23-9-10-24-15(21)12-5-7-13(8-6-12)19-16(22)25-17(2,3)4/h11-13H,5-10H2,1-4H3,(H,19,22). The Hall–Kier alpha value is -1.06. The van der Waals surface area contributed by atoms with Crippen LogP contribution in [-0.4, -0.2) is 46.8 Å². The van der Waals surface area contributed by atoms with Gasteiger partial charge in [0, 0.05) is 6.04 Å². The van der Waals surface area contributed by atoms with E-state index in [1.165, 1.54) is 0 Å². The third-order valence-corrected chi connectivity index (χ3v) is 4.19. The van der Waals surface area contributed by atoms with Crippen LogP contribution in [0.4, 0.5) is 4.79 Å². The van der Waals surface area contributed by atoms with Crippen LogP contribution in [0.25, 0.3) is 0 Å². The zero-order valence-corrected chi connectivity index (χ0v) is 17.5. The van der Waals surface area contributed by atoms with E-state index in [9.17, 15) is 14.4 Å². The summed E-state index contributed by atoms with van der Waals surface area (Å²) in [6, 6.07) is 0.0185. The van der Waals surface area contributed by atoms with Crippen LogP contribution >= 0.6 is 22.6 Å². The topological polar surface area (TPSA) is 90.9 Å². The highest BCUT2D eigenvalue weighted by atomic mass is 127. The van der Waals surface area contributed by atoms with Gasteiger partial charge in [-0.3, -0.25) is 9.59 Å². The maximum atomic E-state index is 12.0. The fourth-order valence-electron chi connectivity index (χ4n) is 2.46. The summed E-state index contributed by atoms with van der Waals surface area (Å²) in [5.74, 6) is -0.754. The lowest BCUT2D eigenvalue weighted by Gasteiger charge is -2.29. The molecule has 1 amide bonds. The number of esters is 2. The van der Waals surface area contributed by atoms with Crippen LogP contribution in [0, 0.1) is 5.92 Å². The second-order valence-electron chi connectivity index (χ2n) is 7.15. The summed E-state index contributed by atoms with van der Waals surface area (Å²) in [6.07, 6.45) is 2.30. The molecular formula is C17H28INO6. The summed E-state index contributed by atoms with van der Waals surface area (Å²) < 4.78 is 15.1. The molecule has 1 atom stereocenters. The molecule has 1 saturated carbocycles. The van der Waals surface area contributed by atoms with Gasteiger partial charge in [0.25, 0.3) is 0 Å². The molecule has 0 bridgehead atoms. The number of nitrogens with one attached hydrogen (secondary N) is 1. The lowest BCUT2D eigenvalue weighted by molar-refractivity contribution is -0.155. The number of carbonyl (C=O) groups is 3. The number of halogens is 1. The number of alkyl carbamates (subject to hydrolysis) is 1. The molecule has 1 N–H and O–H groups in total. The molecule has 0 aliphatic heterocycles. The van der Waals surface area contributed by atoms with E-state index in [1.54, 1.807) is 6.92 Å². The molecule has 1 aliphatic carbocycles. The number of carbonyl (C=O) groups excluding carboxylic acids is 3. The van der Waals surface area contributed by atoms with E-state index >= 15 is 0 Å². The number of alkyl halides is 1. The van der Waals surface area contributed by atoms with Gasteiger partial charge in [-0.25, -0.2) is 4.79 Å². The highest BCUT2D eigenvalue weighted by Crippen LogP contribution is 2.25. The Bertz CT molecular complexity index is 466. The minimum Gasteiger partial charge on any atom is -0.462 e. The predicted molar refractivity (Wildman–Crippen MR) is 101 cm³/mol. The first-order valence-electron chi connectivity index (χ1n) is 8.55. The average molecular weight is 469 g/mol. The van der Waals surface area contributed by atoms with Crippen LogP contribution in [-0.2, 0) is 23.8 Å². The van der Waals surface area contributed by atoms with Crippen molar-refractivity contribution >= 4 is 40.6 Å². The number of rotatable bonds is 6. The zero-order chi connectivity index (χ0) is 19.0. The monoisotopic (exact) mass is 469 g/mol. The van der Waals surface area contributed by atoms with Gasteiger partial charge in [-0.2, -0.15) is 0 Å². The van der Waals surface area contributed by atoms with Crippen molar-refractivity contribution < 1.29 is 28.6 Å². The van der Waals surface area contributed by atoms with Crippen LogP contribution in [0.15, 0.2) is 0 Å². The van der Waals surface area contributed by atoms with Crippen LogP contribution in [0.3, 0.4) is 0 Å². The van der Waals surface area contributed by atoms with Crippen molar-refractivity contribution in [3.63, 3.8) is 0 Å². The van der Waals surface area contributed by atoms with Gasteiger partial charge in [0.1, 0.15) is 22.7 Å². The van der Waals surface area contributed by atoms with E-state index in [0.29, 0.717) is 25.7 Å². The highest BCUT2D eigenvalue weighted by Gasteiger charge is 2.29.